The van der Waals surface area contributed by atoms with Gasteiger partial charge < -0.3 is 9.84 Å². The van der Waals surface area contributed by atoms with Crippen LogP contribution in [-0.2, 0) is 0 Å². The molecule has 0 atom stereocenters. The highest BCUT2D eigenvalue weighted by atomic mass is 35.5. The number of aromatic nitrogens is 1. The molecule has 1 N–H and O–H groups in total. The van der Waals surface area contributed by atoms with Crippen LogP contribution in [0.4, 0.5) is 0 Å². The molecule has 24 heavy (non-hydrogen) atoms. The van der Waals surface area contributed by atoms with Crippen LogP contribution in [0.5, 0.6) is 5.75 Å². The maximum Gasteiger partial charge on any atom is 0.336 e. The van der Waals surface area contributed by atoms with Crippen LogP contribution in [0.25, 0.3) is 22.2 Å². The predicted molar refractivity (Wildman–Crippen MR) is 95.1 cm³/mol. The maximum atomic E-state index is 11.7. The first-order chi connectivity index (χ1) is 11.5. The molecule has 0 aliphatic heterocycles. The third-order valence-electron chi connectivity index (χ3n) is 3.79. The summed E-state index contributed by atoms with van der Waals surface area (Å²) in [5.41, 5.74) is 2.99. The molecule has 2 aromatic carbocycles. The first-order valence-corrected chi connectivity index (χ1v) is 7.95. The summed E-state index contributed by atoms with van der Waals surface area (Å²) in [6, 6.07) is 12.3. The van der Waals surface area contributed by atoms with Gasteiger partial charge in [0.15, 0.2) is 0 Å². The van der Waals surface area contributed by atoms with Gasteiger partial charge in [0.1, 0.15) is 5.75 Å². The molecule has 0 saturated heterocycles. The third kappa shape index (κ3) is 2.93. The maximum absolute atomic E-state index is 11.7. The van der Waals surface area contributed by atoms with E-state index in [-0.39, 0.29) is 5.56 Å². The van der Waals surface area contributed by atoms with Crippen LogP contribution < -0.4 is 4.74 Å². The number of halogens is 1. The molecule has 3 aromatic rings. The van der Waals surface area contributed by atoms with E-state index in [1.54, 1.807) is 30.3 Å². The minimum absolute atomic E-state index is 0.209. The molecule has 0 fully saturated rings. The molecule has 3 rings (SSSR count). The fourth-order valence-corrected chi connectivity index (χ4v) is 2.86. The molecular formula is C19H16ClNO3. The summed E-state index contributed by atoms with van der Waals surface area (Å²) in [5.74, 6) is -0.368. The molecule has 4 nitrogen and oxygen atoms in total. The zero-order valence-electron chi connectivity index (χ0n) is 13.3. The van der Waals surface area contributed by atoms with E-state index in [2.05, 4.69) is 4.98 Å². The fraction of sp³-hybridized carbons (Fsp3) is 0.158. The summed E-state index contributed by atoms with van der Waals surface area (Å²) in [4.78, 5) is 16.4. The Kier molecular flexibility index (Phi) is 4.40. The van der Waals surface area contributed by atoms with Crippen molar-refractivity contribution in [1.29, 1.82) is 0 Å². The molecule has 0 aliphatic rings. The summed E-state index contributed by atoms with van der Waals surface area (Å²) in [6.45, 7) is 4.29. The minimum atomic E-state index is -0.991. The van der Waals surface area contributed by atoms with Crippen LogP contribution in [0.15, 0.2) is 42.5 Å². The van der Waals surface area contributed by atoms with E-state index < -0.39 is 5.97 Å². The average molecular weight is 342 g/mol. The van der Waals surface area contributed by atoms with Gasteiger partial charge in [0.05, 0.1) is 23.4 Å². The monoisotopic (exact) mass is 341 g/mol. The number of carboxylic acid groups (broad SMARTS) is 1. The lowest BCUT2D eigenvalue weighted by atomic mass is 10.0. The summed E-state index contributed by atoms with van der Waals surface area (Å²) >= 11 is 6.12. The molecule has 122 valence electrons. The fourth-order valence-electron chi connectivity index (χ4n) is 2.69. The van der Waals surface area contributed by atoms with Gasteiger partial charge in [-0.1, -0.05) is 29.8 Å². The standard InChI is InChI=1S/C19H16ClNO3/c1-3-24-17-8-7-12(20)9-15(17)16-10-14(19(22)23)13-6-4-5-11(2)18(13)21-16/h4-10H,3H2,1-2H3,(H,22,23). The summed E-state index contributed by atoms with van der Waals surface area (Å²) in [5, 5.41) is 10.7. The number of nitrogens with zero attached hydrogens (tertiary/aromatic N) is 1. The Hall–Kier alpha value is -2.59. The SMILES string of the molecule is CCOc1ccc(Cl)cc1-c1cc(C(=O)O)c2cccc(C)c2n1. The van der Waals surface area contributed by atoms with Crippen molar-refractivity contribution in [1.82, 2.24) is 4.98 Å². The lowest BCUT2D eigenvalue weighted by molar-refractivity contribution is 0.0699. The van der Waals surface area contributed by atoms with Gasteiger partial charge in [-0.3, -0.25) is 0 Å². The molecule has 1 heterocycles. The van der Waals surface area contributed by atoms with E-state index in [1.807, 2.05) is 26.0 Å². The van der Waals surface area contributed by atoms with Crippen LogP contribution in [0.3, 0.4) is 0 Å². The summed E-state index contributed by atoms with van der Waals surface area (Å²) in [7, 11) is 0. The molecule has 0 aliphatic carbocycles. The zero-order chi connectivity index (χ0) is 17.3. The lowest BCUT2D eigenvalue weighted by Gasteiger charge is -2.13. The molecule has 5 heteroatoms. The Morgan fingerprint density at radius 1 is 1.25 bits per heavy atom. The zero-order valence-corrected chi connectivity index (χ0v) is 14.1. The second kappa shape index (κ2) is 6.49. The van der Waals surface area contributed by atoms with Crippen molar-refractivity contribution in [3.63, 3.8) is 0 Å². The number of para-hydroxylation sites is 1. The molecule has 0 saturated carbocycles. The van der Waals surface area contributed by atoms with Gasteiger partial charge in [-0.2, -0.15) is 0 Å². The van der Waals surface area contributed by atoms with Crippen molar-refractivity contribution >= 4 is 28.5 Å². The van der Waals surface area contributed by atoms with E-state index in [4.69, 9.17) is 16.3 Å². The van der Waals surface area contributed by atoms with Crippen molar-refractivity contribution in [3.05, 3.63) is 58.6 Å². The molecular weight excluding hydrogens is 326 g/mol. The number of fused-ring (bicyclic) bond motifs is 1. The van der Waals surface area contributed by atoms with Gasteiger partial charge in [0.25, 0.3) is 0 Å². The Labute approximate surface area is 144 Å². The number of hydrogen-bond acceptors (Lipinski definition) is 3. The average Bonchev–Trinajstić information content (AvgIpc) is 2.56. The van der Waals surface area contributed by atoms with Gasteiger partial charge in [0, 0.05) is 16.0 Å². The van der Waals surface area contributed by atoms with E-state index in [9.17, 15) is 9.90 Å². The number of carboxylic acids is 1. The lowest BCUT2D eigenvalue weighted by Crippen LogP contribution is -2.02. The van der Waals surface area contributed by atoms with Crippen LogP contribution in [-0.4, -0.2) is 22.7 Å². The Bertz CT molecular complexity index is 937. The van der Waals surface area contributed by atoms with E-state index in [0.29, 0.717) is 39.5 Å². The number of ether oxygens (including phenoxy) is 1. The largest absolute Gasteiger partial charge is 0.493 e. The van der Waals surface area contributed by atoms with Crippen LogP contribution in [0.1, 0.15) is 22.8 Å². The molecule has 0 spiro atoms. The van der Waals surface area contributed by atoms with Gasteiger partial charge in [0.2, 0.25) is 0 Å². The van der Waals surface area contributed by atoms with Gasteiger partial charge in [-0.15, -0.1) is 0 Å². The van der Waals surface area contributed by atoms with Crippen molar-refractivity contribution in [2.75, 3.05) is 6.61 Å². The number of aryl methyl sites for hydroxylation is 1. The first kappa shape index (κ1) is 16.3. The number of aromatic carboxylic acids is 1. The molecule has 1 aromatic heterocycles. The smallest absolute Gasteiger partial charge is 0.336 e. The number of benzene rings is 2. The minimum Gasteiger partial charge on any atom is -0.493 e. The third-order valence-corrected chi connectivity index (χ3v) is 4.02. The van der Waals surface area contributed by atoms with Crippen molar-refractivity contribution in [2.24, 2.45) is 0 Å². The van der Waals surface area contributed by atoms with E-state index in [1.165, 1.54) is 0 Å². The molecule has 0 amide bonds. The summed E-state index contributed by atoms with van der Waals surface area (Å²) in [6.07, 6.45) is 0. The van der Waals surface area contributed by atoms with Crippen LogP contribution >= 0.6 is 11.6 Å². The Morgan fingerprint density at radius 3 is 2.75 bits per heavy atom. The first-order valence-electron chi connectivity index (χ1n) is 7.57. The van der Waals surface area contributed by atoms with Crippen molar-refractivity contribution in [2.45, 2.75) is 13.8 Å². The van der Waals surface area contributed by atoms with Gasteiger partial charge in [-0.05, 0) is 43.7 Å². The normalized spacial score (nSPS) is 10.8. The van der Waals surface area contributed by atoms with E-state index >= 15 is 0 Å². The van der Waals surface area contributed by atoms with Crippen molar-refractivity contribution in [3.8, 4) is 17.0 Å². The van der Waals surface area contributed by atoms with Gasteiger partial charge in [-0.25, -0.2) is 9.78 Å². The highest BCUT2D eigenvalue weighted by molar-refractivity contribution is 6.31. The number of pyridine rings is 1. The Morgan fingerprint density at radius 2 is 2.04 bits per heavy atom. The number of carbonyl (C=O) groups is 1. The van der Waals surface area contributed by atoms with Crippen molar-refractivity contribution < 1.29 is 14.6 Å². The topological polar surface area (TPSA) is 59.4 Å². The summed E-state index contributed by atoms with van der Waals surface area (Å²) < 4.78 is 5.64. The van der Waals surface area contributed by atoms with Gasteiger partial charge >= 0.3 is 5.97 Å². The second-order valence-electron chi connectivity index (χ2n) is 5.40. The highest BCUT2D eigenvalue weighted by Crippen LogP contribution is 2.34. The predicted octanol–water partition coefficient (Wildman–Crippen LogP) is 4.96. The Balaban J connectivity index is 2.33. The van der Waals surface area contributed by atoms with Crippen LogP contribution in [0.2, 0.25) is 5.02 Å². The van der Waals surface area contributed by atoms with Crippen LogP contribution in [0, 0.1) is 6.92 Å². The number of hydrogen-bond donors (Lipinski definition) is 1. The molecule has 0 radical (unpaired) electrons. The molecule has 0 bridgehead atoms. The quantitative estimate of drug-likeness (QED) is 0.728. The second-order valence-corrected chi connectivity index (χ2v) is 5.84. The highest BCUT2D eigenvalue weighted by Gasteiger charge is 2.16. The van der Waals surface area contributed by atoms with E-state index in [0.717, 1.165) is 5.56 Å². The molecule has 0 unspecified atom stereocenters. The number of rotatable bonds is 4.